The van der Waals surface area contributed by atoms with E-state index < -0.39 is 5.91 Å². The van der Waals surface area contributed by atoms with Crippen LogP contribution < -0.4 is 10.6 Å². The van der Waals surface area contributed by atoms with Crippen LogP contribution in [0, 0.1) is 5.41 Å². The second kappa shape index (κ2) is 5.73. The van der Waals surface area contributed by atoms with E-state index in [9.17, 15) is 9.90 Å². The van der Waals surface area contributed by atoms with Crippen molar-refractivity contribution in [3.05, 3.63) is 65.7 Å². The zero-order valence-electron chi connectivity index (χ0n) is 14.1. The van der Waals surface area contributed by atoms with Crippen LogP contribution in [-0.2, 0) is 7.05 Å². The van der Waals surface area contributed by atoms with E-state index in [1.165, 1.54) is 0 Å². The fourth-order valence-electron chi connectivity index (χ4n) is 3.21. The minimum absolute atomic E-state index is 0.0902. The molecule has 0 radical (unpaired) electrons. The van der Waals surface area contributed by atoms with Gasteiger partial charge in [0, 0.05) is 18.3 Å². The molecule has 2 aromatic carbocycles. The lowest BCUT2D eigenvalue weighted by atomic mass is 10.2. The minimum Gasteiger partial charge on any atom is -0.509 e. The number of aliphatic hydroxyl groups is 1. The summed E-state index contributed by atoms with van der Waals surface area (Å²) in [4.78, 5) is 17.5. The van der Waals surface area contributed by atoms with Crippen LogP contribution in [0.5, 0.6) is 0 Å². The van der Waals surface area contributed by atoms with Crippen molar-refractivity contribution in [2.45, 2.75) is 0 Å². The van der Waals surface area contributed by atoms with Crippen molar-refractivity contribution >= 4 is 34.0 Å². The van der Waals surface area contributed by atoms with Gasteiger partial charge in [-0.25, -0.2) is 4.98 Å². The third kappa shape index (κ3) is 2.33. The van der Waals surface area contributed by atoms with Gasteiger partial charge < -0.3 is 20.3 Å². The van der Waals surface area contributed by atoms with Crippen LogP contribution in [0.4, 0.5) is 5.69 Å². The SMILES string of the molecule is Cn1c(C2=C(O)CN(c3ccc(C(N)=O)cc3)C2=N)nc2ccccc21. The number of benzene rings is 2. The number of nitrogens with zero attached hydrogens (tertiary/aromatic N) is 3. The first kappa shape index (κ1) is 15.9. The fourth-order valence-corrected chi connectivity index (χ4v) is 3.21. The lowest BCUT2D eigenvalue weighted by Crippen LogP contribution is -2.26. The topological polar surface area (TPSA) is 108 Å². The molecule has 3 aromatic rings. The van der Waals surface area contributed by atoms with E-state index in [4.69, 9.17) is 11.1 Å². The Morgan fingerprint density at radius 2 is 1.88 bits per heavy atom. The summed E-state index contributed by atoms with van der Waals surface area (Å²) >= 11 is 0. The maximum absolute atomic E-state index is 11.2. The second-order valence-electron chi connectivity index (χ2n) is 6.15. The quantitative estimate of drug-likeness (QED) is 0.676. The molecular formula is C19H17N5O2. The van der Waals surface area contributed by atoms with Gasteiger partial charge in [0.1, 0.15) is 17.4 Å². The molecule has 0 spiro atoms. The predicted molar refractivity (Wildman–Crippen MR) is 100 cm³/mol. The molecule has 0 atom stereocenters. The number of carbonyl (C=O) groups excluding carboxylic acids is 1. The third-order valence-electron chi connectivity index (χ3n) is 4.58. The van der Waals surface area contributed by atoms with Crippen molar-refractivity contribution < 1.29 is 9.90 Å². The molecule has 0 bridgehead atoms. The molecular weight excluding hydrogens is 330 g/mol. The largest absolute Gasteiger partial charge is 0.509 e. The van der Waals surface area contributed by atoms with Crippen LogP contribution in [0.1, 0.15) is 16.2 Å². The van der Waals surface area contributed by atoms with E-state index >= 15 is 0 Å². The minimum atomic E-state index is -0.505. The molecule has 1 aromatic heterocycles. The number of nitrogens with one attached hydrogen (secondary N) is 1. The number of amidine groups is 1. The molecule has 26 heavy (non-hydrogen) atoms. The number of carbonyl (C=O) groups is 1. The van der Waals surface area contributed by atoms with E-state index in [2.05, 4.69) is 4.98 Å². The lowest BCUT2D eigenvalue weighted by Gasteiger charge is -2.19. The molecule has 0 saturated heterocycles. The summed E-state index contributed by atoms with van der Waals surface area (Å²) in [7, 11) is 1.86. The number of nitrogens with two attached hydrogens (primary N) is 1. The first-order valence-corrected chi connectivity index (χ1v) is 8.07. The Morgan fingerprint density at radius 3 is 2.54 bits per heavy atom. The van der Waals surface area contributed by atoms with Crippen LogP contribution in [0.25, 0.3) is 16.6 Å². The number of imidazole rings is 1. The zero-order valence-corrected chi connectivity index (χ0v) is 14.1. The molecule has 0 saturated carbocycles. The van der Waals surface area contributed by atoms with Crippen molar-refractivity contribution in [2.75, 3.05) is 11.4 Å². The molecule has 0 aliphatic carbocycles. The number of amides is 1. The van der Waals surface area contributed by atoms with E-state index in [0.717, 1.165) is 11.0 Å². The number of hydrogen-bond donors (Lipinski definition) is 3. The number of hydrogen-bond acceptors (Lipinski definition) is 4. The maximum Gasteiger partial charge on any atom is 0.248 e. The standard InChI is InChI=1S/C19H17N5O2/c1-23-14-5-3-2-4-13(14)22-19(23)16-15(25)10-24(17(16)20)12-8-6-11(7-9-12)18(21)26/h2-9,20,25H,10H2,1H3,(H2,21,26). The normalized spacial score (nSPS) is 14.5. The Bertz CT molecular complexity index is 1080. The second-order valence-corrected chi connectivity index (χ2v) is 6.15. The van der Waals surface area contributed by atoms with Gasteiger partial charge in [0.15, 0.2) is 0 Å². The average molecular weight is 347 g/mol. The summed E-state index contributed by atoms with van der Waals surface area (Å²) in [5.41, 5.74) is 8.50. The molecule has 1 aliphatic rings. The van der Waals surface area contributed by atoms with Gasteiger partial charge in [-0.1, -0.05) is 12.1 Å². The number of para-hydroxylation sites is 2. The highest BCUT2D eigenvalue weighted by Crippen LogP contribution is 2.32. The highest BCUT2D eigenvalue weighted by atomic mass is 16.3. The van der Waals surface area contributed by atoms with Crippen molar-refractivity contribution in [1.29, 1.82) is 5.41 Å². The number of aryl methyl sites for hydroxylation is 1. The molecule has 0 fully saturated rings. The van der Waals surface area contributed by atoms with Crippen molar-refractivity contribution in [2.24, 2.45) is 12.8 Å². The number of aromatic nitrogens is 2. The zero-order chi connectivity index (χ0) is 18.4. The Labute approximate surface area is 149 Å². The lowest BCUT2D eigenvalue weighted by molar-refractivity contribution is 0.100. The summed E-state index contributed by atoms with van der Waals surface area (Å²) in [6.07, 6.45) is 0. The Hall–Kier alpha value is -3.61. The van der Waals surface area contributed by atoms with Gasteiger partial charge in [0.25, 0.3) is 0 Å². The first-order valence-electron chi connectivity index (χ1n) is 8.07. The van der Waals surface area contributed by atoms with Crippen molar-refractivity contribution in [1.82, 2.24) is 9.55 Å². The Morgan fingerprint density at radius 1 is 1.19 bits per heavy atom. The summed E-state index contributed by atoms with van der Waals surface area (Å²) in [6, 6.07) is 14.3. The van der Waals surface area contributed by atoms with Gasteiger partial charge in [-0.3, -0.25) is 10.2 Å². The van der Waals surface area contributed by atoms with E-state index in [-0.39, 0.29) is 18.1 Å². The van der Waals surface area contributed by atoms with E-state index in [1.807, 2.05) is 35.9 Å². The van der Waals surface area contributed by atoms with Crippen molar-refractivity contribution in [3.8, 4) is 0 Å². The molecule has 2 heterocycles. The summed E-state index contributed by atoms with van der Waals surface area (Å²) in [5.74, 6) is 0.291. The number of rotatable bonds is 3. The predicted octanol–water partition coefficient (Wildman–Crippen LogP) is 2.44. The van der Waals surface area contributed by atoms with Crippen LogP contribution in [0.3, 0.4) is 0 Å². The molecule has 1 aliphatic heterocycles. The number of fused-ring (bicyclic) bond motifs is 1. The summed E-state index contributed by atoms with van der Waals surface area (Å²) in [5, 5.41) is 19.0. The average Bonchev–Trinajstić information content (AvgIpc) is 3.11. The molecule has 7 heteroatoms. The van der Waals surface area contributed by atoms with Crippen molar-refractivity contribution in [3.63, 3.8) is 0 Å². The molecule has 4 rings (SSSR count). The van der Waals surface area contributed by atoms with Gasteiger partial charge in [0.05, 0.1) is 23.2 Å². The number of primary amides is 1. The van der Waals surface area contributed by atoms with Gasteiger partial charge in [-0.2, -0.15) is 0 Å². The van der Waals surface area contributed by atoms with Crippen LogP contribution in [-0.4, -0.2) is 32.9 Å². The van der Waals surface area contributed by atoms with Gasteiger partial charge >= 0.3 is 0 Å². The first-order chi connectivity index (χ1) is 12.5. The highest BCUT2D eigenvalue weighted by Gasteiger charge is 2.32. The maximum atomic E-state index is 11.2. The van der Waals surface area contributed by atoms with Gasteiger partial charge in [-0.15, -0.1) is 0 Å². The Kier molecular flexibility index (Phi) is 3.50. The van der Waals surface area contributed by atoms with Crippen LogP contribution in [0.15, 0.2) is 54.3 Å². The van der Waals surface area contributed by atoms with Crippen LogP contribution >= 0.6 is 0 Å². The Balaban J connectivity index is 1.72. The smallest absolute Gasteiger partial charge is 0.248 e. The van der Waals surface area contributed by atoms with Crippen LogP contribution in [0.2, 0.25) is 0 Å². The molecule has 130 valence electrons. The molecule has 0 unspecified atom stereocenters. The number of anilines is 1. The van der Waals surface area contributed by atoms with E-state index in [0.29, 0.717) is 22.6 Å². The summed E-state index contributed by atoms with van der Waals surface area (Å²) in [6.45, 7) is 0.174. The molecule has 1 amide bonds. The fraction of sp³-hybridized carbons (Fsp3) is 0.105. The monoisotopic (exact) mass is 347 g/mol. The third-order valence-corrected chi connectivity index (χ3v) is 4.58. The summed E-state index contributed by atoms with van der Waals surface area (Å²) < 4.78 is 1.87. The number of aliphatic hydroxyl groups excluding tert-OH is 1. The van der Waals surface area contributed by atoms with Gasteiger partial charge in [0.2, 0.25) is 5.91 Å². The highest BCUT2D eigenvalue weighted by molar-refractivity contribution is 6.30. The molecule has 4 N–H and O–H groups in total. The molecule has 7 nitrogen and oxygen atoms in total. The van der Waals surface area contributed by atoms with E-state index in [1.54, 1.807) is 29.2 Å². The van der Waals surface area contributed by atoms with Gasteiger partial charge in [-0.05, 0) is 36.4 Å².